The van der Waals surface area contributed by atoms with E-state index >= 15 is 0 Å². The summed E-state index contributed by atoms with van der Waals surface area (Å²) in [4.78, 5) is 13.5. The number of ether oxygens (including phenoxy) is 2. The zero-order valence-corrected chi connectivity index (χ0v) is 10.8. The summed E-state index contributed by atoms with van der Waals surface area (Å²) in [6.07, 6.45) is 2.61. The molecule has 0 spiro atoms. The quantitative estimate of drug-likeness (QED) is 0.683. The van der Waals surface area contributed by atoms with Gasteiger partial charge in [0.2, 0.25) is 6.29 Å². The highest BCUT2D eigenvalue weighted by molar-refractivity contribution is 5.67. The third kappa shape index (κ3) is 4.84. The average molecular weight is 229 g/mol. The van der Waals surface area contributed by atoms with Crippen LogP contribution in [0.15, 0.2) is 0 Å². The summed E-state index contributed by atoms with van der Waals surface area (Å²) < 4.78 is 10.8. The Morgan fingerprint density at radius 3 is 2.25 bits per heavy atom. The maximum Gasteiger partial charge on any atom is 0.412 e. The van der Waals surface area contributed by atoms with Gasteiger partial charge in [0.15, 0.2) is 0 Å². The molecule has 0 aromatic heterocycles. The van der Waals surface area contributed by atoms with Crippen molar-refractivity contribution in [2.45, 2.75) is 58.8 Å². The summed E-state index contributed by atoms with van der Waals surface area (Å²) in [5.74, 6) is 0. The molecule has 1 rings (SSSR count). The van der Waals surface area contributed by atoms with Gasteiger partial charge in [0.05, 0.1) is 5.60 Å². The fourth-order valence-corrected chi connectivity index (χ4v) is 1.81. The second-order valence-corrected chi connectivity index (χ2v) is 5.23. The first-order valence-electron chi connectivity index (χ1n) is 6.02. The number of amides is 1. The van der Waals surface area contributed by atoms with Gasteiger partial charge in [-0.1, -0.05) is 0 Å². The van der Waals surface area contributed by atoms with Gasteiger partial charge in [0.1, 0.15) is 0 Å². The SMILES string of the molecule is CC(OC(=O)N1CCCCC1)OC(C)(C)C. The Bertz CT molecular complexity index is 229. The van der Waals surface area contributed by atoms with Crippen molar-refractivity contribution in [2.24, 2.45) is 0 Å². The molecule has 1 aliphatic rings. The number of hydrogen-bond acceptors (Lipinski definition) is 3. The Kier molecular flexibility index (Phi) is 4.59. The molecular weight excluding hydrogens is 206 g/mol. The van der Waals surface area contributed by atoms with Crippen molar-refractivity contribution in [2.75, 3.05) is 13.1 Å². The summed E-state index contributed by atoms with van der Waals surface area (Å²) >= 11 is 0. The zero-order chi connectivity index (χ0) is 12.2. The molecule has 4 heteroatoms. The molecule has 0 aromatic carbocycles. The first-order chi connectivity index (χ1) is 7.38. The van der Waals surface area contributed by atoms with E-state index in [9.17, 15) is 4.79 Å². The van der Waals surface area contributed by atoms with Gasteiger partial charge >= 0.3 is 6.09 Å². The topological polar surface area (TPSA) is 38.8 Å². The molecule has 4 nitrogen and oxygen atoms in total. The lowest BCUT2D eigenvalue weighted by Crippen LogP contribution is -2.39. The van der Waals surface area contributed by atoms with Crippen molar-refractivity contribution in [3.05, 3.63) is 0 Å². The number of rotatable bonds is 2. The highest BCUT2D eigenvalue weighted by Gasteiger charge is 2.22. The van der Waals surface area contributed by atoms with Crippen LogP contribution in [0.5, 0.6) is 0 Å². The molecule has 0 saturated carbocycles. The lowest BCUT2D eigenvalue weighted by atomic mass is 10.1. The predicted octanol–water partition coefficient (Wildman–Crippen LogP) is 2.77. The van der Waals surface area contributed by atoms with Crippen LogP contribution in [0, 0.1) is 0 Å². The summed E-state index contributed by atoms with van der Waals surface area (Å²) in [7, 11) is 0. The molecule has 1 saturated heterocycles. The third-order valence-electron chi connectivity index (χ3n) is 2.40. The molecular formula is C12H23NO3. The number of carbonyl (C=O) groups excluding carboxylic acids is 1. The molecule has 1 heterocycles. The minimum atomic E-state index is -0.491. The average Bonchev–Trinajstić information content (AvgIpc) is 2.16. The summed E-state index contributed by atoms with van der Waals surface area (Å²) in [6, 6.07) is 0. The molecule has 1 atom stereocenters. The lowest BCUT2D eigenvalue weighted by molar-refractivity contribution is -0.160. The molecule has 0 N–H and O–H groups in total. The first-order valence-corrected chi connectivity index (χ1v) is 6.02. The Morgan fingerprint density at radius 1 is 1.19 bits per heavy atom. The van der Waals surface area contributed by atoms with E-state index < -0.39 is 6.29 Å². The van der Waals surface area contributed by atoms with E-state index in [4.69, 9.17) is 9.47 Å². The van der Waals surface area contributed by atoms with Crippen LogP contribution >= 0.6 is 0 Å². The van der Waals surface area contributed by atoms with Crippen molar-refractivity contribution in [3.8, 4) is 0 Å². The van der Waals surface area contributed by atoms with Crippen LogP contribution < -0.4 is 0 Å². The van der Waals surface area contributed by atoms with Crippen molar-refractivity contribution in [1.29, 1.82) is 0 Å². The van der Waals surface area contributed by atoms with Gasteiger partial charge in [-0.15, -0.1) is 0 Å². The fourth-order valence-electron chi connectivity index (χ4n) is 1.81. The molecule has 1 unspecified atom stereocenters. The zero-order valence-electron chi connectivity index (χ0n) is 10.8. The van der Waals surface area contributed by atoms with Crippen molar-refractivity contribution in [3.63, 3.8) is 0 Å². The maximum absolute atomic E-state index is 11.7. The maximum atomic E-state index is 11.7. The van der Waals surface area contributed by atoms with E-state index in [-0.39, 0.29) is 11.7 Å². The highest BCUT2D eigenvalue weighted by atomic mass is 16.7. The number of nitrogens with zero attached hydrogens (tertiary/aromatic N) is 1. The standard InChI is InChI=1S/C12H23NO3/c1-10(16-12(2,3)4)15-11(14)13-8-6-5-7-9-13/h10H,5-9H2,1-4H3. The van der Waals surface area contributed by atoms with Gasteiger partial charge in [0.25, 0.3) is 0 Å². The van der Waals surface area contributed by atoms with Crippen LogP contribution in [0.2, 0.25) is 0 Å². The summed E-state index contributed by atoms with van der Waals surface area (Å²) in [5.41, 5.74) is -0.290. The first kappa shape index (κ1) is 13.3. The number of piperidine rings is 1. The molecule has 0 aliphatic carbocycles. The van der Waals surface area contributed by atoms with Crippen molar-refractivity contribution < 1.29 is 14.3 Å². The Balaban J connectivity index is 2.32. The normalized spacial score (nSPS) is 19.4. The monoisotopic (exact) mass is 229 g/mol. The number of hydrogen-bond donors (Lipinski definition) is 0. The number of carbonyl (C=O) groups is 1. The van der Waals surface area contributed by atoms with Gasteiger partial charge in [-0.05, 0) is 47.0 Å². The molecule has 0 radical (unpaired) electrons. The minimum Gasteiger partial charge on any atom is -0.420 e. The van der Waals surface area contributed by atoms with E-state index in [1.54, 1.807) is 11.8 Å². The molecule has 1 amide bonds. The smallest absolute Gasteiger partial charge is 0.412 e. The molecule has 1 aliphatic heterocycles. The van der Waals surface area contributed by atoms with Crippen LogP contribution in [0.25, 0.3) is 0 Å². The van der Waals surface area contributed by atoms with Gasteiger partial charge in [-0.2, -0.15) is 0 Å². The highest BCUT2D eigenvalue weighted by Crippen LogP contribution is 2.14. The van der Waals surface area contributed by atoms with E-state index in [2.05, 4.69) is 0 Å². The van der Waals surface area contributed by atoms with Gasteiger partial charge in [0, 0.05) is 13.1 Å². The van der Waals surface area contributed by atoms with Gasteiger partial charge in [-0.3, -0.25) is 0 Å². The van der Waals surface area contributed by atoms with Crippen LogP contribution in [-0.2, 0) is 9.47 Å². The van der Waals surface area contributed by atoms with Gasteiger partial charge < -0.3 is 14.4 Å². The number of likely N-dealkylation sites (tertiary alicyclic amines) is 1. The third-order valence-corrected chi connectivity index (χ3v) is 2.40. The Labute approximate surface area is 97.9 Å². The molecule has 94 valence electrons. The molecule has 0 bridgehead atoms. The Hall–Kier alpha value is -0.770. The predicted molar refractivity (Wildman–Crippen MR) is 62.2 cm³/mol. The summed E-state index contributed by atoms with van der Waals surface area (Å²) in [6.45, 7) is 9.20. The van der Waals surface area contributed by atoms with Crippen LogP contribution in [0.4, 0.5) is 4.79 Å². The van der Waals surface area contributed by atoms with E-state index in [1.807, 2.05) is 20.8 Å². The van der Waals surface area contributed by atoms with Crippen molar-refractivity contribution >= 4 is 6.09 Å². The van der Waals surface area contributed by atoms with Gasteiger partial charge in [-0.25, -0.2) is 4.79 Å². The van der Waals surface area contributed by atoms with Crippen LogP contribution in [-0.4, -0.2) is 36.0 Å². The Morgan fingerprint density at radius 2 is 1.75 bits per heavy atom. The summed E-state index contributed by atoms with van der Waals surface area (Å²) in [5, 5.41) is 0. The van der Waals surface area contributed by atoms with E-state index in [0.29, 0.717) is 0 Å². The largest absolute Gasteiger partial charge is 0.420 e. The molecule has 16 heavy (non-hydrogen) atoms. The molecule has 1 fully saturated rings. The van der Waals surface area contributed by atoms with Crippen LogP contribution in [0.3, 0.4) is 0 Å². The second-order valence-electron chi connectivity index (χ2n) is 5.23. The lowest BCUT2D eigenvalue weighted by Gasteiger charge is -2.29. The van der Waals surface area contributed by atoms with E-state index in [1.165, 1.54) is 6.42 Å². The second kappa shape index (κ2) is 5.53. The van der Waals surface area contributed by atoms with Crippen molar-refractivity contribution in [1.82, 2.24) is 4.90 Å². The molecule has 0 aromatic rings. The van der Waals surface area contributed by atoms with E-state index in [0.717, 1.165) is 25.9 Å². The fraction of sp³-hybridized carbons (Fsp3) is 0.917. The minimum absolute atomic E-state index is 0.253. The van der Waals surface area contributed by atoms with Crippen LogP contribution in [0.1, 0.15) is 47.0 Å².